The van der Waals surface area contributed by atoms with Crippen molar-refractivity contribution in [3.63, 3.8) is 0 Å². The van der Waals surface area contributed by atoms with Crippen LogP contribution in [0.25, 0.3) is 0 Å². The summed E-state index contributed by atoms with van der Waals surface area (Å²) in [6, 6.07) is 0. The Morgan fingerprint density at radius 3 is 3.08 bits per heavy atom. The number of Topliss-reactive ketones (excluding diaryl/α,β-unsaturated/α-hetero) is 1. The van der Waals surface area contributed by atoms with Crippen molar-refractivity contribution in [3.05, 3.63) is 22.5 Å². The molecular weight excluding hydrogens is 239 g/mol. The average molecular weight is 243 g/mol. The third-order valence-corrected chi connectivity index (χ3v) is 2.41. The minimum atomic E-state index is -0.598. The highest BCUT2D eigenvalue weighted by Crippen LogP contribution is 2.27. The summed E-state index contributed by atoms with van der Waals surface area (Å²) in [7, 11) is 0. The van der Waals surface area contributed by atoms with Crippen LogP contribution in [0.1, 0.15) is 0 Å². The quantitative estimate of drug-likeness (QED) is 0.639. The summed E-state index contributed by atoms with van der Waals surface area (Å²) in [6.45, 7) is 0. The van der Waals surface area contributed by atoms with Crippen molar-refractivity contribution in [2.45, 2.75) is 0 Å². The second-order valence-electron chi connectivity index (χ2n) is 2.66. The van der Waals surface area contributed by atoms with Gasteiger partial charge in [0.05, 0.1) is 22.3 Å². The van der Waals surface area contributed by atoms with Gasteiger partial charge in [0.2, 0.25) is 0 Å². The van der Waals surface area contributed by atoms with Crippen LogP contribution in [-0.2, 0) is 4.79 Å². The zero-order valence-electron chi connectivity index (χ0n) is 6.37. The minimum absolute atomic E-state index is 0.239. The van der Waals surface area contributed by atoms with E-state index < -0.39 is 11.7 Å². The molecule has 1 aliphatic carbocycles. The summed E-state index contributed by atoms with van der Waals surface area (Å²) in [4.78, 5) is 11.2. The van der Waals surface area contributed by atoms with E-state index in [1.165, 1.54) is 12.2 Å². The largest absolute Gasteiger partial charge is 0.292 e. The number of carbonyl (C=O) groups excluding carboxylic acids is 1. The molecule has 1 heterocycles. The molecule has 66 valence electrons. The Morgan fingerprint density at radius 1 is 1.54 bits per heavy atom. The first kappa shape index (κ1) is 8.50. The van der Waals surface area contributed by atoms with Gasteiger partial charge in [0.1, 0.15) is 5.83 Å². The fraction of sp³-hybridized carbons (Fsp3) is 0.125. The first-order chi connectivity index (χ1) is 6.18. The lowest BCUT2D eigenvalue weighted by Crippen LogP contribution is -2.26. The van der Waals surface area contributed by atoms with E-state index in [1.54, 1.807) is 0 Å². The zero-order chi connectivity index (χ0) is 9.42. The molecule has 2 aliphatic rings. The number of carbonyl (C=O) groups is 1. The molecule has 2 rings (SSSR count). The Balaban J connectivity index is 2.47. The van der Waals surface area contributed by atoms with Crippen molar-refractivity contribution in [1.82, 2.24) is 0 Å². The van der Waals surface area contributed by atoms with Gasteiger partial charge in [0, 0.05) is 0 Å². The lowest BCUT2D eigenvalue weighted by molar-refractivity contribution is -0.113. The van der Waals surface area contributed by atoms with Gasteiger partial charge >= 0.3 is 0 Å². The number of ketones is 1. The van der Waals surface area contributed by atoms with E-state index in [0.29, 0.717) is 10.2 Å². The van der Waals surface area contributed by atoms with Crippen molar-refractivity contribution in [2.75, 3.05) is 0 Å². The fourth-order valence-electron chi connectivity index (χ4n) is 1.15. The van der Waals surface area contributed by atoms with E-state index >= 15 is 0 Å². The van der Waals surface area contributed by atoms with Gasteiger partial charge < -0.3 is 0 Å². The second-order valence-corrected chi connectivity index (χ2v) is 3.51. The van der Waals surface area contributed by atoms with Crippen molar-refractivity contribution in [3.8, 4) is 0 Å². The Kier molecular flexibility index (Phi) is 1.95. The Morgan fingerprint density at radius 2 is 2.31 bits per heavy atom. The Bertz CT molecular complexity index is 395. The van der Waals surface area contributed by atoms with Gasteiger partial charge in [0.15, 0.2) is 5.78 Å². The van der Waals surface area contributed by atoms with Crippen LogP contribution < -0.4 is 0 Å². The van der Waals surface area contributed by atoms with Crippen LogP contribution in [0.2, 0.25) is 0 Å². The summed E-state index contributed by atoms with van der Waals surface area (Å²) in [5, 5.41) is 7.23. The van der Waals surface area contributed by atoms with Gasteiger partial charge in [-0.1, -0.05) is 0 Å². The molecule has 0 saturated carbocycles. The number of rotatable bonds is 0. The topological polar surface area (TPSA) is 41.8 Å². The van der Waals surface area contributed by atoms with Crippen molar-refractivity contribution < 1.29 is 9.18 Å². The Labute approximate surface area is 81.9 Å². The van der Waals surface area contributed by atoms with E-state index in [2.05, 4.69) is 26.1 Å². The van der Waals surface area contributed by atoms with Crippen LogP contribution in [0.5, 0.6) is 0 Å². The number of halogens is 2. The van der Waals surface area contributed by atoms with Gasteiger partial charge in [-0.05, 0) is 28.1 Å². The summed E-state index contributed by atoms with van der Waals surface area (Å²) < 4.78 is 13.3. The highest BCUT2D eigenvalue weighted by Gasteiger charge is 2.27. The van der Waals surface area contributed by atoms with Gasteiger partial charge in [0.25, 0.3) is 0 Å². The number of allylic oxidation sites excluding steroid dienone is 4. The molecule has 0 spiro atoms. The van der Waals surface area contributed by atoms with Crippen LogP contribution in [0.3, 0.4) is 0 Å². The minimum Gasteiger partial charge on any atom is -0.292 e. The predicted octanol–water partition coefficient (Wildman–Crippen LogP) is 1.76. The van der Waals surface area contributed by atoms with E-state index in [1.807, 2.05) is 0 Å². The van der Waals surface area contributed by atoms with Gasteiger partial charge in [-0.15, -0.1) is 0 Å². The van der Waals surface area contributed by atoms with Crippen molar-refractivity contribution in [1.29, 1.82) is 0 Å². The molecule has 0 radical (unpaired) electrons. The normalized spacial score (nSPS) is 26.2. The molecule has 0 amide bonds. The third kappa shape index (κ3) is 1.39. The van der Waals surface area contributed by atoms with Crippen LogP contribution in [0.15, 0.2) is 32.7 Å². The number of hydrogen-bond donors (Lipinski definition) is 0. The van der Waals surface area contributed by atoms with Crippen LogP contribution >= 0.6 is 15.9 Å². The first-order valence-electron chi connectivity index (χ1n) is 3.58. The highest BCUT2D eigenvalue weighted by atomic mass is 79.9. The molecule has 0 bridgehead atoms. The van der Waals surface area contributed by atoms with Gasteiger partial charge in [-0.3, -0.25) is 4.79 Å². The van der Waals surface area contributed by atoms with Crippen LogP contribution in [0.4, 0.5) is 4.39 Å². The number of nitrogens with zero attached hydrogens (tertiary/aromatic N) is 2. The lowest BCUT2D eigenvalue weighted by Gasteiger charge is -2.16. The Hall–Kier alpha value is -1.10. The molecule has 0 N–H and O–H groups in total. The molecule has 0 aromatic rings. The van der Waals surface area contributed by atoms with Crippen LogP contribution in [-0.4, -0.2) is 17.7 Å². The van der Waals surface area contributed by atoms with Crippen molar-refractivity contribution >= 4 is 33.6 Å². The third-order valence-electron chi connectivity index (χ3n) is 1.80. The van der Waals surface area contributed by atoms with Crippen molar-refractivity contribution in [2.24, 2.45) is 16.1 Å². The summed E-state index contributed by atoms with van der Waals surface area (Å²) >= 11 is 3.01. The number of fused-ring (bicyclic) bond motifs is 1. The smallest absolute Gasteiger partial charge is 0.188 e. The summed E-state index contributed by atoms with van der Waals surface area (Å²) in [6.07, 6.45) is 3.80. The van der Waals surface area contributed by atoms with Crippen LogP contribution in [0, 0.1) is 5.92 Å². The molecule has 1 unspecified atom stereocenters. The maximum Gasteiger partial charge on any atom is 0.188 e. The summed E-state index contributed by atoms with van der Waals surface area (Å²) in [5.41, 5.74) is 0.473. The maximum absolute atomic E-state index is 13.0. The number of hydrogen-bond acceptors (Lipinski definition) is 3. The monoisotopic (exact) mass is 242 g/mol. The average Bonchev–Trinajstić information content (AvgIpc) is 2.09. The van der Waals surface area contributed by atoms with E-state index in [0.717, 1.165) is 6.21 Å². The molecule has 0 aromatic heterocycles. The molecule has 5 heteroatoms. The maximum atomic E-state index is 13.0. The second kappa shape index (κ2) is 2.99. The molecule has 13 heavy (non-hydrogen) atoms. The molecule has 0 fully saturated rings. The summed E-state index contributed by atoms with van der Waals surface area (Å²) in [5.74, 6) is -1.28. The van der Waals surface area contributed by atoms with E-state index in [-0.39, 0.29) is 5.78 Å². The van der Waals surface area contributed by atoms with E-state index in [4.69, 9.17) is 0 Å². The predicted molar refractivity (Wildman–Crippen MR) is 50.6 cm³/mol. The molecule has 1 aliphatic heterocycles. The molecule has 0 saturated heterocycles. The van der Waals surface area contributed by atoms with Gasteiger partial charge in [-0.2, -0.15) is 10.2 Å². The van der Waals surface area contributed by atoms with E-state index in [9.17, 15) is 9.18 Å². The molecular formula is C8H4BrFN2O. The molecule has 0 aromatic carbocycles. The molecule has 3 nitrogen and oxygen atoms in total. The lowest BCUT2D eigenvalue weighted by atomic mass is 9.93. The zero-order valence-corrected chi connectivity index (χ0v) is 7.95. The highest BCUT2D eigenvalue weighted by molar-refractivity contribution is 9.12. The first-order valence-corrected chi connectivity index (χ1v) is 4.37. The molecule has 1 atom stereocenters. The SMILES string of the molecule is O=C1C=NN=C2C=C(Br)C(F)=CC12. The van der Waals surface area contributed by atoms with Gasteiger partial charge in [-0.25, -0.2) is 4.39 Å². The standard InChI is InChI=1S/C8H4BrFN2O/c9-5-2-7-4(1-6(5)10)8(13)3-11-12-7/h1-4H. The fourth-order valence-corrected chi connectivity index (χ4v) is 1.52.